The molecule has 0 aromatic rings. The van der Waals surface area contributed by atoms with Crippen molar-refractivity contribution in [2.24, 2.45) is 0 Å². The second-order valence-electron chi connectivity index (χ2n) is 1.50. The van der Waals surface area contributed by atoms with Gasteiger partial charge in [0.05, 0.1) is 0 Å². The molecular formula is C4H10AlO. The van der Waals surface area contributed by atoms with Crippen molar-refractivity contribution in [3.05, 3.63) is 5.92 Å². The van der Waals surface area contributed by atoms with Crippen molar-refractivity contribution >= 4 is 16.2 Å². The van der Waals surface area contributed by atoms with Gasteiger partial charge in [-0.15, -0.1) is 0 Å². The predicted octanol–water partition coefficient (Wildman–Crippen LogP) is 0.853. The van der Waals surface area contributed by atoms with E-state index < -0.39 is 0 Å². The monoisotopic (exact) mass is 101 g/mol. The van der Waals surface area contributed by atoms with Crippen LogP contribution in [0.5, 0.6) is 0 Å². The van der Waals surface area contributed by atoms with E-state index in [4.69, 9.17) is 3.80 Å². The van der Waals surface area contributed by atoms with Gasteiger partial charge >= 0.3 is 20.0 Å². The molecule has 0 amide bonds. The second kappa shape index (κ2) is 9.01. The van der Waals surface area contributed by atoms with Gasteiger partial charge in [0, 0.05) is 0 Å². The zero-order valence-electron chi connectivity index (χ0n) is 4.62. The van der Waals surface area contributed by atoms with Crippen LogP contribution in [0.1, 0.15) is 20.8 Å². The van der Waals surface area contributed by atoms with Crippen molar-refractivity contribution in [3.63, 3.8) is 0 Å². The van der Waals surface area contributed by atoms with Crippen LogP contribution in [0.4, 0.5) is 0 Å². The molecule has 0 saturated carbocycles. The summed E-state index contributed by atoms with van der Waals surface area (Å²) in [6.45, 7) is 6.25. The van der Waals surface area contributed by atoms with Crippen LogP contribution in [0.3, 0.4) is 0 Å². The third-order valence-corrected chi connectivity index (χ3v) is 0. The van der Waals surface area contributed by atoms with E-state index in [0.717, 1.165) is 0 Å². The Hall–Kier alpha value is 0.332. The Morgan fingerprint density at radius 2 is 1.17 bits per heavy atom. The quantitative estimate of drug-likeness (QED) is 0.413. The molecule has 0 aliphatic heterocycles. The van der Waals surface area contributed by atoms with Gasteiger partial charge in [-0.1, -0.05) is 20.8 Å². The Labute approximate surface area is 47.4 Å². The van der Waals surface area contributed by atoms with E-state index in [1.165, 1.54) is 5.92 Å². The molecule has 0 heterocycles. The third kappa shape index (κ3) is 435. The van der Waals surface area contributed by atoms with Crippen molar-refractivity contribution in [2.45, 2.75) is 20.8 Å². The van der Waals surface area contributed by atoms with Crippen molar-refractivity contribution in [1.29, 1.82) is 0 Å². The minimum absolute atomic E-state index is 0.611. The summed E-state index contributed by atoms with van der Waals surface area (Å²) in [4.78, 5) is 0. The fourth-order valence-corrected chi connectivity index (χ4v) is 0. The molecule has 0 bridgehead atoms. The summed E-state index contributed by atoms with van der Waals surface area (Å²) in [5.74, 6) is 1.42. The normalized spacial score (nSPS) is 6.50. The standard InChI is InChI=1S/C4H9.Al.O.H/c1-4(2)3;;;/h1-3H3;;;. The average molecular weight is 101 g/mol. The molecule has 0 atom stereocenters. The van der Waals surface area contributed by atoms with Crippen LogP contribution in [0.15, 0.2) is 0 Å². The molecule has 2 heteroatoms. The zero-order chi connectivity index (χ0) is 5.58. The Morgan fingerprint density at radius 3 is 1.17 bits per heavy atom. The fraction of sp³-hybridized carbons (Fsp3) is 0.750. The summed E-state index contributed by atoms with van der Waals surface area (Å²) >= 11 is 0.611. The molecule has 0 N–H and O–H groups in total. The van der Waals surface area contributed by atoms with Gasteiger partial charge in [-0.2, -0.15) is 0 Å². The van der Waals surface area contributed by atoms with Gasteiger partial charge < -0.3 is 0 Å². The van der Waals surface area contributed by atoms with Crippen LogP contribution in [0, 0.1) is 5.92 Å². The van der Waals surface area contributed by atoms with Gasteiger partial charge in [0.15, 0.2) is 0 Å². The molecule has 35 valence electrons. The van der Waals surface area contributed by atoms with E-state index in [-0.39, 0.29) is 0 Å². The SMILES string of the molecule is C[C](C)C.[O]=[AlH]. The third-order valence-electron chi connectivity index (χ3n) is 0. The Balaban J connectivity index is 0. The van der Waals surface area contributed by atoms with E-state index in [9.17, 15) is 0 Å². The number of hydrogen-bond donors (Lipinski definition) is 0. The van der Waals surface area contributed by atoms with Gasteiger partial charge in [0.1, 0.15) is 0 Å². The van der Waals surface area contributed by atoms with Gasteiger partial charge in [-0.25, -0.2) is 0 Å². The number of hydrogen-bond acceptors (Lipinski definition) is 1. The van der Waals surface area contributed by atoms with Crippen molar-refractivity contribution in [2.75, 3.05) is 0 Å². The Bertz CT molecular complexity index is 18.8. The molecule has 1 nitrogen and oxygen atoms in total. The summed E-state index contributed by atoms with van der Waals surface area (Å²) in [7, 11) is 0. The molecule has 0 fully saturated rings. The van der Waals surface area contributed by atoms with Crippen LogP contribution >= 0.6 is 0 Å². The van der Waals surface area contributed by atoms with E-state index >= 15 is 0 Å². The van der Waals surface area contributed by atoms with E-state index in [2.05, 4.69) is 20.8 Å². The van der Waals surface area contributed by atoms with Crippen LogP contribution in [0.25, 0.3) is 0 Å². The summed E-state index contributed by atoms with van der Waals surface area (Å²) in [6.07, 6.45) is 0. The first-order chi connectivity index (χ1) is 2.73. The van der Waals surface area contributed by atoms with Crippen molar-refractivity contribution < 1.29 is 3.80 Å². The summed E-state index contributed by atoms with van der Waals surface area (Å²) in [5, 5.41) is 0. The van der Waals surface area contributed by atoms with Gasteiger partial charge in [-0.05, 0) is 5.92 Å². The molecule has 0 saturated heterocycles. The average Bonchev–Trinajstić information content (AvgIpc) is 1.41. The zero-order valence-corrected chi connectivity index (χ0v) is 6.03. The van der Waals surface area contributed by atoms with Crippen LogP contribution in [0.2, 0.25) is 0 Å². The molecule has 0 aliphatic rings. The summed E-state index contributed by atoms with van der Waals surface area (Å²) in [5.41, 5.74) is 0. The first-order valence-electron chi connectivity index (χ1n) is 1.79. The van der Waals surface area contributed by atoms with Gasteiger partial charge in [-0.3, -0.25) is 0 Å². The first-order valence-corrected chi connectivity index (χ1v) is 2.37. The predicted molar refractivity (Wildman–Crippen MR) is 28.1 cm³/mol. The van der Waals surface area contributed by atoms with Crippen LogP contribution in [-0.4, -0.2) is 16.2 Å². The maximum absolute atomic E-state index is 8.28. The van der Waals surface area contributed by atoms with Crippen molar-refractivity contribution in [1.82, 2.24) is 0 Å². The first kappa shape index (κ1) is 9.59. The molecule has 0 aromatic carbocycles. The van der Waals surface area contributed by atoms with Gasteiger partial charge in [0.25, 0.3) is 0 Å². The second-order valence-corrected chi connectivity index (χ2v) is 1.50. The molecule has 0 unspecified atom stereocenters. The fourth-order valence-electron chi connectivity index (χ4n) is 0. The molecular weight excluding hydrogens is 91.0 g/mol. The molecule has 0 aromatic heterocycles. The maximum atomic E-state index is 8.28. The molecule has 6 heavy (non-hydrogen) atoms. The number of rotatable bonds is 0. The molecule has 0 spiro atoms. The Morgan fingerprint density at radius 1 is 1.17 bits per heavy atom. The van der Waals surface area contributed by atoms with Crippen LogP contribution in [-0.2, 0) is 3.80 Å². The molecule has 1 radical (unpaired) electrons. The topological polar surface area (TPSA) is 17.1 Å². The minimum atomic E-state index is 0.611. The van der Waals surface area contributed by atoms with E-state index in [1.54, 1.807) is 0 Å². The van der Waals surface area contributed by atoms with Crippen molar-refractivity contribution in [3.8, 4) is 0 Å². The van der Waals surface area contributed by atoms with E-state index in [1.807, 2.05) is 0 Å². The molecule has 0 aliphatic carbocycles. The van der Waals surface area contributed by atoms with E-state index in [0.29, 0.717) is 16.2 Å². The summed E-state index contributed by atoms with van der Waals surface area (Å²) in [6, 6.07) is 0. The van der Waals surface area contributed by atoms with Gasteiger partial charge in [0.2, 0.25) is 0 Å². The summed E-state index contributed by atoms with van der Waals surface area (Å²) < 4.78 is 8.28. The Kier molecular flexibility index (Phi) is 14.4. The molecule has 0 rings (SSSR count). The van der Waals surface area contributed by atoms with Crippen LogP contribution < -0.4 is 0 Å².